The molecule has 1 aromatic rings. The molecule has 7 heteroatoms. The predicted molar refractivity (Wildman–Crippen MR) is 85.7 cm³/mol. The first-order valence-corrected chi connectivity index (χ1v) is 8.40. The zero-order valence-electron chi connectivity index (χ0n) is 13.0. The zero-order valence-corrected chi connectivity index (χ0v) is 13.8. The molecule has 2 heterocycles. The molecule has 1 atom stereocenters. The third kappa shape index (κ3) is 4.53. The van der Waals surface area contributed by atoms with E-state index in [4.69, 9.17) is 0 Å². The molecule has 0 unspecified atom stereocenters. The van der Waals surface area contributed by atoms with E-state index < -0.39 is 0 Å². The molecule has 1 aliphatic rings. The van der Waals surface area contributed by atoms with Crippen LogP contribution in [0, 0.1) is 6.92 Å². The highest BCUT2D eigenvalue weighted by atomic mass is 32.1. The highest BCUT2D eigenvalue weighted by molar-refractivity contribution is 7.14. The number of aryl methyl sites for hydroxylation is 2. The third-order valence-corrected chi connectivity index (χ3v) is 5.11. The highest BCUT2D eigenvalue weighted by Gasteiger charge is 2.20. The van der Waals surface area contributed by atoms with Crippen LogP contribution in [0.3, 0.4) is 0 Å². The maximum Gasteiger partial charge on any atom is 0.279 e. The Morgan fingerprint density at radius 1 is 1.45 bits per heavy atom. The number of hydrogen-bond donors (Lipinski definition) is 3. The Hall–Kier alpha value is -1.44. The van der Waals surface area contributed by atoms with E-state index in [1.54, 1.807) is 0 Å². The number of carbonyl (C=O) groups is 2. The molecule has 2 amide bonds. The minimum Gasteiger partial charge on any atom is -0.392 e. The average molecular weight is 325 g/mol. The van der Waals surface area contributed by atoms with Gasteiger partial charge in [-0.15, -0.1) is 11.3 Å². The van der Waals surface area contributed by atoms with Gasteiger partial charge in [0.25, 0.3) is 11.8 Å². The van der Waals surface area contributed by atoms with Gasteiger partial charge in [-0.1, -0.05) is 6.92 Å². The molecular weight excluding hydrogens is 302 g/mol. The Morgan fingerprint density at radius 3 is 2.86 bits per heavy atom. The molecule has 22 heavy (non-hydrogen) atoms. The second kappa shape index (κ2) is 7.71. The normalized spacial score (nSPS) is 19.0. The molecule has 0 spiro atoms. The number of hydrogen-bond acceptors (Lipinski definition) is 5. The van der Waals surface area contributed by atoms with Crippen molar-refractivity contribution in [2.24, 2.45) is 0 Å². The highest BCUT2D eigenvalue weighted by Crippen LogP contribution is 2.21. The molecule has 0 radical (unpaired) electrons. The number of rotatable bonds is 4. The number of aliphatic hydroxyl groups is 1. The van der Waals surface area contributed by atoms with Gasteiger partial charge in [-0.25, -0.2) is 0 Å². The van der Waals surface area contributed by atoms with Crippen molar-refractivity contribution in [1.82, 2.24) is 15.8 Å². The summed E-state index contributed by atoms with van der Waals surface area (Å²) < 4.78 is 0. The van der Waals surface area contributed by atoms with Gasteiger partial charge in [-0.3, -0.25) is 25.3 Å². The van der Waals surface area contributed by atoms with Crippen LogP contribution in [-0.4, -0.2) is 47.6 Å². The molecular formula is C15H23N3O3S. The molecule has 1 aromatic heterocycles. The summed E-state index contributed by atoms with van der Waals surface area (Å²) in [5.41, 5.74) is 5.98. The fraction of sp³-hybridized carbons (Fsp3) is 0.600. The lowest BCUT2D eigenvalue weighted by atomic mass is 10.1. The molecule has 122 valence electrons. The van der Waals surface area contributed by atoms with E-state index in [0.29, 0.717) is 11.4 Å². The maximum atomic E-state index is 12.0. The van der Waals surface area contributed by atoms with Crippen molar-refractivity contribution in [2.45, 2.75) is 39.2 Å². The number of nitrogens with one attached hydrogen (secondary N) is 2. The van der Waals surface area contributed by atoms with Crippen molar-refractivity contribution >= 4 is 23.2 Å². The summed E-state index contributed by atoms with van der Waals surface area (Å²) in [6.07, 6.45) is 2.20. The Kier molecular flexibility index (Phi) is 5.93. The van der Waals surface area contributed by atoms with Crippen molar-refractivity contribution in [3.05, 3.63) is 21.4 Å². The molecule has 3 N–H and O–H groups in total. The molecule has 1 fully saturated rings. The van der Waals surface area contributed by atoms with Crippen LogP contribution in [-0.2, 0) is 11.2 Å². The fourth-order valence-electron chi connectivity index (χ4n) is 2.59. The van der Waals surface area contributed by atoms with Crippen LogP contribution < -0.4 is 10.9 Å². The fourth-order valence-corrected chi connectivity index (χ4v) is 3.60. The van der Waals surface area contributed by atoms with E-state index in [9.17, 15) is 14.7 Å². The van der Waals surface area contributed by atoms with Gasteiger partial charge in [0.2, 0.25) is 0 Å². The Labute approximate surface area is 134 Å². The van der Waals surface area contributed by atoms with Crippen LogP contribution >= 0.6 is 11.3 Å². The number of aliphatic hydroxyl groups excluding tert-OH is 1. The van der Waals surface area contributed by atoms with Gasteiger partial charge < -0.3 is 5.11 Å². The second-order valence-electron chi connectivity index (χ2n) is 5.60. The first-order chi connectivity index (χ1) is 10.5. The molecule has 0 bridgehead atoms. The lowest BCUT2D eigenvalue weighted by Crippen LogP contribution is -2.48. The van der Waals surface area contributed by atoms with Crippen molar-refractivity contribution in [2.75, 3.05) is 19.6 Å². The number of likely N-dealkylation sites (tertiary alicyclic amines) is 1. The topological polar surface area (TPSA) is 81.7 Å². The Morgan fingerprint density at radius 2 is 2.23 bits per heavy atom. The average Bonchev–Trinajstić information content (AvgIpc) is 2.86. The molecule has 6 nitrogen and oxygen atoms in total. The maximum absolute atomic E-state index is 12.0. The van der Waals surface area contributed by atoms with Gasteiger partial charge in [-0.05, 0) is 44.4 Å². The number of piperidine rings is 1. The first-order valence-electron chi connectivity index (χ1n) is 7.58. The summed E-state index contributed by atoms with van der Waals surface area (Å²) >= 11 is 1.45. The van der Waals surface area contributed by atoms with E-state index in [-0.39, 0.29) is 24.5 Å². The van der Waals surface area contributed by atoms with E-state index in [2.05, 4.69) is 17.8 Å². The minimum atomic E-state index is -0.363. The number of thiophene rings is 1. The van der Waals surface area contributed by atoms with Crippen molar-refractivity contribution in [3.63, 3.8) is 0 Å². The number of carbonyl (C=O) groups excluding carboxylic acids is 2. The third-order valence-electron chi connectivity index (χ3n) is 3.73. The van der Waals surface area contributed by atoms with Gasteiger partial charge >= 0.3 is 0 Å². The smallest absolute Gasteiger partial charge is 0.279 e. The van der Waals surface area contributed by atoms with Crippen molar-refractivity contribution in [3.8, 4) is 0 Å². The van der Waals surface area contributed by atoms with Crippen LogP contribution in [0.5, 0.6) is 0 Å². The Bertz CT molecular complexity index is 544. The summed E-state index contributed by atoms with van der Waals surface area (Å²) in [4.78, 5) is 27.5. The number of hydrazine groups is 1. The first kappa shape index (κ1) is 16.9. The van der Waals surface area contributed by atoms with Gasteiger partial charge in [0.15, 0.2) is 0 Å². The van der Waals surface area contributed by atoms with E-state index in [1.165, 1.54) is 16.2 Å². The van der Waals surface area contributed by atoms with Crippen LogP contribution in [0.4, 0.5) is 0 Å². The molecule has 0 aromatic carbocycles. The number of amides is 2. The monoisotopic (exact) mass is 325 g/mol. The zero-order chi connectivity index (χ0) is 16.1. The van der Waals surface area contributed by atoms with Crippen molar-refractivity contribution < 1.29 is 14.7 Å². The van der Waals surface area contributed by atoms with Gasteiger partial charge in [0, 0.05) is 11.4 Å². The largest absolute Gasteiger partial charge is 0.392 e. The number of β-amino-alcohol motifs (C(OH)–C–C–N with tert-alkyl or cyclic N) is 1. The quantitative estimate of drug-likeness (QED) is 0.717. The lowest BCUT2D eigenvalue weighted by molar-refractivity contribution is -0.123. The molecule has 1 saturated heterocycles. The minimum absolute atomic E-state index is 0.182. The van der Waals surface area contributed by atoms with Crippen LogP contribution in [0.15, 0.2) is 6.07 Å². The van der Waals surface area contributed by atoms with Crippen molar-refractivity contribution in [1.29, 1.82) is 0 Å². The number of nitrogens with zero attached hydrogens (tertiary/aromatic N) is 1. The van der Waals surface area contributed by atoms with Crippen LogP contribution in [0.1, 0.15) is 39.9 Å². The van der Waals surface area contributed by atoms with E-state index in [1.807, 2.05) is 17.9 Å². The van der Waals surface area contributed by atoms with Gasteiger partial charge in [0.1, 0.15) is 0 Å². The Balaban J connectivity index is 1.78. The summed E-state index contributed by atoms with van der Waals surface area (Å²) in [6.45, 7) is 5.51. The standard InChI is InChI=1S/C15H23N3O3S/c1-3-12-10(2)7-13(22-12)15(21)17-16-14(20)9-18-6-4-5-11(19)8-18/h7,11,19H,3-6,8-9H2,1-2H3,(H,16,20)(H,17,21)/t11-/m0/s1. The molecule has 2 rings (SSSR count). The second-order valence-corrected chi connectivity index (χ2v) is 6.74. The summed E-state index contributed by atoms with van der Waals surface area (Å²) in [7, 11) is 0. The molecule has 0 aliphatic carbocycles. The van der Waals surface area contributed by atoms with Crippen LogP contribution in [0.2, 0.25) is 0 Å². The lowest BCUT2D eigenvalue weighted by Gasteiger charge is -2.29. The predicted octanol–water partition coefficient (Wildman–Crippen LogP) is 0.837. The summed E-state index contributed by atoms with van der Waals surface area (Å²) in [5, 5.41) is 9.57. The van der Waals surface area contributed by atoms with E-state index >= 15 is 0 Å². The summed E-state index contributed by atoms with van der Waals surface area (Å²) in [5.74, 6) is -0.564. The van der Waals surface area contributed by atoms with Gasteiger partial charge in [0.05, 0.1) is 17.5 Å². The van der Waals surface area contributed by atoms with Gasteiger partial charge in [-0.2, -0.15) is 0 Å². The van der Waals surface area contributed by atoms with Crippen LogP contribution in [0.25, 0.3) is 0 Å². The molecule has 1 aliphatic heterocycles. The molecule has 0 saturated carbocycles. The summed E-state index contributed by atoms with van der Waals surface area (Å²) in [6, 6.07) is 1.84. The van der Waals surface area contributed by atoms with E-state index in [0.717, 1.165) is 31.4 Å². The SMILES string of the molecule is CCc1sc(C(=O)NNC(=O)CN2CCC[C@H](O)C2)cc1C.